The lowest BCUT2D eigenvalue weighted by Crippen LogP contribution is -1.80. The highest BCUT2D eigenvalue weighted by molar-refractivity contribution is 5.56. The van der Waals surface area contributed by atoms with Crippen LogP contribution in [0.15, 0.2) is 30.8 Å². The van der Waals surface area contributed by atoms with E-state index < -0.39 is 0 Å². The fraction of sp³-hybridized carbons (Fsp3) is 0.111. The van der Waals surface area contributed by atoms with Gasteiger partial charge in [-0.25, -0.2) is 0 Å². The molecule has 0 aliphatic carbocycles. The summed E-state index contributed by atoms with van der Waals surface area (Å²) in [4.78, 5) is 0. The van der Waals surface area contributed by atoms with Crippen molar-refractivity contribution in [3.05, 3.63) is 42.0 Å². The molecule has 0 bridgehead atoms. The minimum atomic E-state index is 0.128. The second-order valence-electron chi connectivity index (χ2n) is 2.32. The van der Waals surface area contributed by atoms with Gasteiger partial charge in [-0.05, 0) is 13.0 Å². The van der Waals surface area contributed by atoms with Crippen LogP contribution in [0, 0.1) is 6.92 Å². The maximum Gasteiger partial charge on any atom is 0.115 e. The van der Waals surface area contributed by atoms with Gasteiger partial charge in [0.2, 0.25) is 0 Å². The smallest absolute Gasteiger partial charge is 0.115 e. The van der Waals surface area contributed by atoms with E-state index in [-0.39, 0.29) is 5.76 Å². The fourth-order valence-electron chi connectivity index (χ4n) is 0.825. The Morgan fingerprint density at radius 1 is 1.50 bits per heavy atom. The molecule has 0 saturated carbocycles. The Labute approximate surface area is 60.6 Å². The van der Waals surface area contributed by atoms with Crippen LogP contribution in [-0.4, -0.2) is 5.11 Å². The van der Waals surface area contributed by atoms with Gasteiger partial charge in [-0.2, -0.15) is 0 Å². The van der Waals surface area contributed by atoms with Crippen molar-refractivity contribution in [2.75, 3.05) is 0 Å². The van der Waals surface area contributed by atoms with Crippen molar-refractivity contribution in [3.8, 4) is 0 Å². The average molecular weight is 134 g/mol. The number of aliphatic hydroxyl groups is 1. The fourth-order valence-corrected chi connectivity index (χ4v) is 0.825. The summed E-state index contributed by atoms with van der Waals surface area (Å²) in [7, 11) is 0. The lowest BCUT2D eigenvalue weighted by Gasteiger charge is -1.97. The molecule has 1 N–H and O–H groups in total. The first-order chi connectivity index (χ1) is 4.70. The minimum Gasteiger partial charge on any atom is -0.508 e. The summed E-state index contributed by atoms with van der Waals surface area (Å²) in [5.74, 6) is 0.128. The van der Waals surface area contributed by atoms with Crippen molar-refractivity contribution in [2.45, 2.75) is 6.92 Å². The molecular weight excluding hydrogens is 124 g/mol. The van der Waals surface area contributed by atoms with Gasteiger partial charge in [0.15, 0.2) is 0 Å². The molecule has 0 unspecified atom stereocenters. The lowest BCUT2D eigenvalue weighted by atomic mass is 10.1. The summed E-state index contributed by atoms with van der Waals surface area (Å²) in [5.41, 5.74) is 1.92. The van der Waals surface area contributed by atoms with Gasteiger partial charge >= 0.3 is 0 Å². The Morgan fingerprint density at radius 2 is 2.20 bits per heavy atom. The van der Waals surface area contributed by atoms with E-state index in [9.17, 15) is 0 Å². The van der Waals surface area contributed by atoms with Gasteiger partial charge < -0.3 is 5.11 Å². The second kappa shape index (κ2) is 2.56. The second-order valence-corrected chi connectivity index (χ2v) is 2.32. The molecule has 10 heavy (non-hydrogen) atoms. The van der Waals surface area contributed by atoms with E-state index >= 15 is 0 Å². The molecule has 0 aromatic heterocycles. The zero-order valence-corrected chi connectivity index (χ0v) is 5.96. The molecule has 1 aromatic carbocycles. The summed E-state index contributed by atoms with van der Waals surface area (Å²) in [6.07, 6.45) is 0. The van der Waals surface area contributed by atoms with E-state index in [1.165, 1.54) is 0 Å². The predicted molar refractivity (Wildman–Crippen MR) is 42.8 cm³/mol. The molecule has 0 fully saturated rings. The monoisotopic (exact) mass is 134 g/mol. The highest BCUT2D eigenvalue weighted by atomic mass is 16.3. The molecule has 0 amide bonds. The molecular formula is C9H10O. The van der Waals surface area contributed by atoms with Crippen LogP contribution < -0.4 is 0 Å². The van der Waals surface area contributed by atoms with Gasteiger partial charge in [0.1, 0.15) is 5.76 Å². The van der Waals surface area contributed by atoms with Crippen molar-refractivity contribution in [1.29, 1.82) is 0 Å². The molecule has 0 heterocycles. The Hall–Kier alpha value is -1.24. The van der Waals surface area contributed by atoms with Crippen LogP contribution in [-0.2, 0) is 0 Å². The van der Waals surface area contributed by atoms with Crippen molar-refractivity contribution >= 4 is 5.76 Å². The zero-order valence-electron chi connectivity index (χ0n) is 5.96. The zero-order chi connectivity index (χ0) is 7.56. The van der Waals surface area contributed by atoms with E-state index in [4.69, 9.17) is 5.11 Å². The minimum absolute atomic E-state index is 0.128. The van der Waals surface area contributed by atoms with Gasteiger partial charge in [-0.15, -0.1) is 0 Å². The summed E-state index contributed by atoms with van der Waals surface area (Å²) in [6.45, 7) is 5.40. The van der Waals surface area contributed by atoms with Crippen LogP contribution in [0.25, 0.3) is 5.76 Å². The van der Waals surface area contributed by atoms with E-state index in [2.05, 4.69) is 6.58 Å². The Bertz CT molecular complexity index is 251. The van der Waals surface area contributed by atoms with E-state index in [1.54, 1.807) is 0 Å². The van der Waals surface area contributed by atoms with Crippen molar-refractivity contribution in [3.63, 3.8) is 0 Å². The third kappa shape index (κ3) is 1.38. The van der Waals surface area contributed by atoms with Crippen LogP contribution in [0.3, 0.4) is 0 Å². The Balaban J connectivity index is 3.07. The van der Waals surface area contributed by atoms with Gasteiger partial charge in [0.25, 0.3) is 0 Å². The molecule has 52 valence electrons. The number of hydrogen-bond donors (Lipinski definition) is 1. The molecule has 1 heteroatoms. The Kier molecular flexibility index (Phi) is 1.76. The average Bonchev–Trinajstić information content (AvgIpc) is 1.88. The third-order valence-corrected chi connectivity index (χ3v) is 1.35. The van der Waals surface area contributed by atoms with Gasteiger partial charge in [-0.3, -0.25) is 0 Å². The largest absolute Gasteiger partial charge is 0.508 e. The van der Waals surface area contributed by atoms with E-state index in [0.29, 0.717) is 0 Å². The van der Waals surface area contributed by atoms with Crippen molar-refractivity contribution < 1.29 is 5.11 Å². The predicted octanol–water partition coefficient (Wildman–Crippen LogP) is 2.52. The van der Waals surface area contributed by atoms with E-state index in [1.807, 2.05) is 31.2 Å². The normalized spacial score (nSPS) is 9.30. The van der Waals surface area contributed by atoms with Crippen LogP contribution in [0.1, 0.15) is 11.1 Å². The van der Waals surface area contributed by atoms with Crippen LogP contribution in [0.4, 0.5) is 0 Å². The molecule has 1 nitrogen and oxygen atoms in total. The Morgan fingerprint density at radius 3 is 2.60 bits per heavy atom. The molecule has 1 rings (SSSR count). The first-order valence-electron chi connectivity index (χ1n) is 3.15. The summed E-state index contributed by atoms with van der Waals surface area (Å²) in [5, 5.41) is 8.95. The molecule has 0 spiro atoms. The first-order valence-corrected chi connectivity index (χ1v) is 3.15. The number of aryl methyl sites for hydroxylation is 1. The number of aliphatic hydroxyl groups excluding tert-OH is 1. The number of rotatable bonds is 1. The van der Waals surface area contributed by atoms with Crippen LogP contribution in [0.5, 0.6) is 0 Å². The van der Waals surface area contributed by atoms with Gasteiger partial charge in [-0.1, -0.05) is 30.3 Å². The van der Waals surface area contributed by atoms with Crippen LogP contribution in [0.2, 0.25) is 0 Å². The maximum atomic E-state index is 8.95. The van der Waals surface area contributed by atoms with Crippen molar-refractivity contribution in [1.82, 2.24) is 0 Å². The van der Waals surface area contributed by atoms with Crippen LogP contribution >= 0.6 is 0 Å². The van der Waals surface area contributed by atoms with Gasteiger partial charge in [0.05, 0.1) is 0 Å². The summed E-state index contributed by atoms with van der Waals surface area (Å²) < 4.78 is 0. The summed E-state index contributed by atoms with van der Waals surface area (Å²) in [6, 6.07) is 7.59. The van der Waals surface area contributed by atoms with Gasteiger partial charge in [0, 0.05) is 5.56 Å². The lowest BCUT2D eigenvalue weighted by molar-refractivity contribution is 0.514. The van der Waals surface area contributed by atoms with Crippen molar-refractivity contribution in [2.24, 2.45) is 0 Å². The number of benzene rings is 1. The standard InChI is InChI=1S/C9H10O/c1-7-4-3-5-9(6-7)8(2)10/h3-6,10H,2H2,1H3. The molecule has 0 aliphatic rings. The maximum absolute atomic E-state index is 8.95. The molecule has 0 radical (unpaired) electrons. The highest BCUT2D eigenvalue weighted by Crippen LogP contribution is 2.09. The quantitative estimate of drug-likeness (QED) is 0.585. The third-order valence-electron chi connectivity index (χ3n) is 1.35. The van der Waals surface area contributed by atoms with E-state index in [0.717, 1.165) is 11.1 Å². The highest BCUT2D eigenvalue weighted by Gasteiger charge is 1.92. The molecule has 0 saturated heterocycles. The topological polar surface area (TPSA) is 20.2 Å². The summed E-state index contributed by atoms with van der Waals surface area (Å²) >= 11 is 0. The number of hydrogen-bond acceptors (Lipinski definition) is 1. The molecule has 1 aromatic rings. The molecule has 0 aliphatic heterocycles. The SMILES string of the molecule is C=C(O)c1cccc(C)c1. The first kappa shape index (κ1) is 6.87. The molecule has 0 atom stereocenters.